The fourth-order valence-corrected chi connectivity index (χ4v) is 4.34. The second kappa shape index (κ2) is 10.8. The van der Waals surface area contributed by atoms with E-state index in [-0.39, 0.29) is 0 Å². The van der Waals surface area contributed by atoms with Crippen molar-refractivity contribution in [3.63, 3.8) is 0 Å². The van der Waals surface area contributed by atoms with Crippen LogP contribution in [0, 0.1) is 0 Å². The molecule has 3 aliphatic rings. The smallest absolute Gasteiger partial charge is 0.229 e. The van der Waals surface area contributed by atoms with Crippen LogP contribution in [0.15, 0.2) is 0 Å². The molecule has 15 atom stereocenters. The zero-order valence-corrected chi connectivity index (χ0v) is 17.7. The summed E-state index contributed by atoms with van der Waals surface area (Å²) < 4.78 is 21.3. The highest BCUT2D eigenvalue weighted by Gasteiger charge is 2.65. The van der Waals surface area contributed by atoms with Crippen molar-refractivity contribution in [2.75, 3.05) is 19.8 Å². The van der Waals surface area contributed by atoms with Crippen LogP contribution in [0.4, 0.5) is 0 Å². The molecule has 0 saturated carbocycles. The molecule has 3 saturated heterocycles. The summed E-state index contributed by atoms with van der Waals surface area (Å²) in [6.07, 6.45) is -26.7. The van der Waals surface area contributed by atoms with Crippen LogP contribution >= 0.6 is 0 Å². The van der Waals surface area contributed by atoms with Crippen molar-refractivity contribution >= 4 is 0 Å². The Balaban J connectivity index is 2.01. The van der Waals surface area contributed by atoms with E-state index in [1.54, 1.807) is 0 Å². The van der Waals surface area contributed by atoms with E-state index in [0.717, 1.165) is 0 Å². The summed E-state index contributed by atoms with van der Waals surface area (Å²) in [6.45, 7) is -2.63. The lowest BCUT2D eigenvalue weighted by Crippen LogP contribution is -2.74. The van der Waals surface area contributed by atoms with Gasteiger partial charge in [-0.3, -0.25) is 0 Å². The molecule has 0 aromatic rings. The highest BCUT2D eigenvalue weighted by Crippen LogP contribution is 2.41. The van der Waals surface area contributed by atoms with Gasteiger partial charge in [0.1, 0.15) is 79.4 Å². The van der Waals surface area contributed by atoms with Crippen molar-refractivity contribution in [2.45, 2.75) is 91.4 Å². The third kappa shape index (κ3) is 4.59. The van der Waals surface area contributed by atoms with Gasteiger partial charge in [0.05, 0.1) is 19.8 Å². The van der Waals surface area contributed by atoms with Crippen molar-refractivity contribution in [3.8, 4) is 0 Å². The molecule has 3 aliphatic heterocycles. The van der Waals surface area contributed by atoms with E-state index in [2.05, 4.69) is 0 Å². The molecule has 16 heteroatoms. The van der Waals surface area contributed by atoms with E-state index < -0.39 is 111 Å². The quantitative estimate of drug-likeness (QED) is 0.153. The van der Waals surface area contributed by atoms with E-state index in [0.29, 0.717) is 0 Å². The van der Waals surface area contributed by atoms with Crippen LogP contribution in [0.25, 0.3) is 0 Å². The molecule has 16 nitrogen and oxygen atoms in total. The molecule has 3 fully saturated rings. The molecular formula is C18H32O16. The van der Waals surface area contributed by atoms with Crippen LogP contribution in [0.2, 0.25) is 0 Å². The molecule has 0 aromatic heterocycles. The summed E-state index contributed by atoms with van der Waals surface area (Å²) in [5, 5.41) is 121. The molecule has 0 spiro atoms. The Hall–Kier alpha value is -0.640. The summed E-state index contributed by atoms with van der Waals surface area (Å²) in [4.78, 5) is 0. The van der Waals surface area contributed by atoms with Gasteiger partial charge in [0, 0.05) is 0 Å². The lowest BCUT2D eigenvalue weighted by molar-refractivity contribution is -0.446. The van der Waals surface area contributed by atoms with Crippen LogP contribution in [-0.2, 0) is 18.9 Å². The Bertz CT molecular complexity index is 666. The largest absolute Gasteiger partial charge is 0.394 e. The maximum atomic E-state index is 11.1. The summed E-state index contributed by atoms with van der Waals surface area (Å²) >= 11 is 0. The second-order valence-corrected chi connectivity index (χ2v) is 8.55. The van der Waals surface area contributed by atoms with Gasteiger partial charge >= 0.3 is 0 Å². The third-order valence-electron chi connectivity index (χ3n) is 6.43. The number of aliphatic hydroxyl groups excluding tert-OH is 12. The van der Waals surface area contributed by atoms with Gasteiger partial charge in [-0.05, 0) is 0 Å². The summed E-state index contributed by atoms with van der Waals surface area (Å²) in [5.74, 6) is -2.96. The number of rotatable bonds is 7. The molecule has 34 heavy (non-hydrogen) atoms. The fraction of sp³-hybridized carbons (Fsp3) is 1.00. The van der Waals surface area contributed by atoms with Crippen molar-refractivity contribution in [2.24, 2.45) is 0 Å². The van der Waals surface area contributed by atoms with E-state index in [1.807, 2.05) is 0 Å². The first-order valence-corrected chi connectivity index (χ1v) is 10.6. The fourth-order valence-electron chi connectivity index (χ4n) is 4.34. The molecule has 0 amide bonds. The summed E-state index contributed by atoms with van der Waals surface area (Å²) in [5.41, 5.74) is 0. The molecule has 0 bridgehead atoms. The molecule has 3 rings (SSSR count). The maximum Gasteiger partial charge on any atom is 0.229 e. The summed E-state index contributed by atoms with van der Waals surface area (Å²) in [6, 6.07) is 0. The minimum atomic E-state index is -2.96. The lowest BCUT2D eigenvalue weighted by Gasteiger charge is -2.53. The lowest BCUT2D eigenvalue weighted by atomic mass is 9.85. The van der Waals surface area contributed by atoms with Crippen molar-refractivity contribution in [1.82, 2.24) is 0 Å². The van der Waals surface area contributed by atoms with E-state index in [9.17, 15) is 61.3 Å². The molecular weight excluding hydrogens is 472 g/mol. The molecule has 0 aromatic carbocycles. The maximum absolute atomic E-state index is 11.1. The van der Waals surface area contributed by atoms with E-state index >= 15 is 0 Å². The molecule has 0 aliphatic carbocycles. The molecule has 200 valence electrons. The monoisotopic (exact) mass is 504 g/mol. The average Bonchev–Trinajstić information content (AvgIpc) is 3.12. The average molecular weight is 504 g/mol. The zero-order valence-electron chi connectivity index (χ0n) is 17.7. The van der Waals surface area contributed by atoms with Gasteiger partial charge in [-0.1, -0.05) is 0 Å². The summed E-state index contributed by atoms with van der Waals surface area (Å²) in [7, 11) is 0. The molecule has 0 radical (unpaired) electrons. The Morgan fingerprint density at radius 2 is 1.12 bits per heavy atom. The second-order valence-electron chi connectivity index (χ2n) is 8.55. The van der Waals surface area contributed by atoms with Gasteiger partial charge in [-0.15, -0.1) is 0 Å². The Morgan fingerprint density at radius 3 is 1.65 bits per heavy atom. The number of hydrogen-bond donors (Lipinski definition) is 12. The van der Waals surface area contributed by atoms with E-state index in [1.165, 1.54) is 0 Å². The zero-order chi connectivity index (χ0) is 25.5. The first-order chi connectivity index (χ1) is 15.9. The minimum Gasteiger partial charge on any atom is -0.394 e. The topological polar surface area (TPSA) is 280 Å². The van der Waals surface area contributed by atoms with Crippen molar-refractivity contribution < 1.29 is 80.2 Å². The highest BCUT2D eigenvalue weighted by molar-refractivity contribution is 5.07. The van der Waals surface area contributed by atoms with Crippen LogP contribution in [0.1, 0.15) is 0 Å². The predicted octanol–water partition coefficient (Wildman–Crippen LogP) is -8.18. The Morgan fingerprint density at radius 1 is 0.618 bits per heavy atom. The standard InChI is InChI=1S/C18H32O16/c19-1-4-8(23)11(26)14(31-4)16(30)18(15(29)12(27)9(24)6(3-21)33-18)34-17-13(28)10(25)7(22)5(2-20)32-17/h4-17,19-30H,1-3H2/t4-,5-,6-,7+,8-,9-,10+,11+,12+,13-,14+,15-,16?,17-,18+/m1/s1. The van der Waals surface area contributed by atoms with Gasteiger partial charge in [-0.25, -0.2) is 0 Å². The predicted molar refractivity (Wildman–Crippen MR) is 101 cm³/mol. The normalized spacial score (nSPS) is 53.1. The van der Waals surface area contributed by atoms with Crippen LogP contribution in [0.5, 0.6) is 0 Å². The number of aliphatic hydroxyl groups is 12. The molecule has 3 heterocycles. The van der Waals surface area contributed by atoms with Crippen LogP contribution in [0.3, 0.4) is 0 Å². The first kappa shape index (κ1) is 27.9. The Kier molecular flexibility index (Phi) is 8.85. The van der Waals surface area contributed by atoms with Gasteiger partial charge in [0.25, 0.3) is 0 Å². The van der Waals surface area contributed by atoms with E-state index in [4.69, 9.17) is 18.9 Å². The van der Waals surface area contributed by atoms with Gasteiger partial charge in [-0.2, -0.15) is 0 Å². The number of ether oxygens (including phenoxy) is 4. The number of hydrogen-bond acceptors (Lipinski definition) is 16. The van der Waals surface area contributed by atoms with Crippen LogP contribution in [-0.4, -0.2) is 173 Å². The van der Waals surface area contributed by atoms with Crippen molar-refractivity contribution in [1.29, 1.82) is 0 Å². The Labute approximate surface area is 192 Å². The minimum absolute atomic E-state index is 0.786. The molecule has 1 unspecified atom stereocenters. The van der Waals surface area contributed by atoms with Gasteiger partial charge in [0.15, 0.2) is 6.29 Å². The molecule has 12 N–H and O–H groups in total. The van der Waals surface area contributed by atoms with Crippen LogP contribution < -0.4 is 0 Å². The van der Waals surface area contributed by atoms with Crippen molar-refractivity contribution in [3.05, 3.63) is 0 Å². The van der Waals surface area contributed by atoms with Gasteiger partial charge < -0.3 is 80.2 Å². The van der Waals surface area contributed by atoms with Gasteiger partial charge in [0.2, 0.25) is 5.79 Å². The third-order valence-corrected chi connectivity index (χ3v) is 6.43. The highest BCUT2D eigenvalue weighted by atomic mass is 16.8. The first-order valence-electron chi connectivity index (χ1n) is 10.6. The SMILES string of the molecule is OC[C@H]1O[C@H](O[C@@]2(C(O)[C@H]3O[C@H](CO)[C@@H](O)[C@@H]3O)O[C@H](CO)[C@@H](O)[C@H](O)[C@H]2O)[C@H](O)[C@@H](O)[C@H]1O.